The van der Waals surface area contributed by atoms with E-state index < -0.39 is 0 Å². The molecule has 0 amide bonds. The molecule has 0 fully saturated rings. The minimum atomic E-state index is 0. The van der Waals surface area contributed by atoms with Crippen molar-refractivity contribution in [2.75, 3.05) is 10.6 Å². The molecular formula is C42H44Cl2N8O3. The largest absolute Gasteiger partial charge is 0.412 e. The van der Waals surface area contributed by atoms with Gasteiger partial charge in [0.05, 0.1) is 57.1 Å². The maximum atomic E-state index is 12.0. The number of ketones is 2. The van der Waals surface area contributed by atoms with Crippen LogP contribution in [0.3, 0.4) is 0 Å². The zero-order valence-corrected chi connectivity index (χ0v) is 32.6. The number of halogens is 2. The molecule has 4 aromatic carbocycles. The average molecular weight is 780 g/mol. The second-order valence-electron chi connectivity index (χ2n) is 12.9. The third-order valence-corrected chi connectivity index (χ3v) is 8.91. The number of hydrogen-bond acceptors (Lipinski definition) is 8. The van der Waals surface area contributed by atoms with Crippen LogP contribution in [0, 0.1) is 13.8 Å². The van der Waals surface area contributed by atoms with Crippen molar-refractivity contribution in [1.29, 1.82) is 0 Å². The third kappa shape index (κ3) is 9.09. The molecule has 0 saturated carbocycles. The zero-order chi connectivity index (χ0) is 36.2. The van der Waals surface area contributed by atoms with Crippen molar-refractivity contribution in [3.8, 4) is 0 Å². The summed E-state index contributed by atoms with van der Waals surface area (Å²) in [6.45, 7) is 7.99. The Bertz CT molecular complexity index is 2390. The molecule has 0 aliphatic carbocycles. The molecule has 13 heteroatoms. The maximum absolute atomic E-state index is 12.0. The lowest BCUT2D eigenvalue weighted by Gasteiger charge is -2.12. The SMILES string of the molecule is CCCC(=O)c1ccc(Nc2cc(C)nc3ccc4nc[nH]c4c23)cc1.CCCC(=O)c1ccc(Nc2cc(C)nc3ccc4nc[nH]c4c23)cc1.Cl.Cl.O. The van der Waals surface area contributed by atoms with Gasteiger partial charge in [0.1, 0.15) is 0 Å². The van der Waals surface area contributed by atoms with Crippen molar-refractivity contribution in [2.45, 2.75) is 53.4 Å². The summed E-state index contributed by atoms with van der Waals surface area (Å²) < 4.78 is 0. The van der Waals surface area contributed by atoms with E-state index in [9.17, 15) is 9.59 Å². The van der Waals surface area contributed by atoms with Crippen LogP contribution in [0.15, 0.2) is 97.6 Å². The normalized spacial score (nSPS) is 10.5. The Hall–Kier alpha value is -5.88. The van der Waals surface area contributed by atoms with Gasteiger partial charge in [-0.1, -0.05) is 13.8 Å². The van der Waals surface area contributed by atoms with Crippen LogP contribution in [0.2, 0.25) is 0 Å². The van der Waals surface area contributed by atoms with Crippen LogP contribution in [-0.2, 0) is 0 Å². The minimum Gasteiger partial charge on any atom is -0.412 e. The van der Waals surface area contributed by atoms with Crippen LogP contribution in [0.5, 0.6) is 0 Å². The molecule has 0 atom stereocenters. The highest BCUT2D eigenvalue weighted by Crippen LogP contribution is 2.33. The van der Waals surface area contributed by atoms with E-state index in [0.29, 0.717) is 12.8 Å². The summed E-state index contributed by atoms with van der Waals surface area (Å²) in [4.78, 5) is 48.4. The number of carbonyl (C=O) groups is 2. The molecule has 0 bridgehead atoms. The lowest BCUT2D eigenvalue weighted by molar-refractivity contribution is 0.0973. The second kappa shape index (κ2) is 18.4. The minimum absolute atomic E-state index is 0. The number of carbonyl (C=O) groups excluding carboxylic acids is 2. The quantitative estimate of drug-likeness (QED) is 0.0993. The van der Waals surface area contributed by atoms with Crippen LogP contribution >= 0.6 is 24.8 Å². The molecule has 0 aliphatic rings. The molecule has 0 radical (unpaired) electrons. The molecule has 4 aromatic heterocycles. The number of aryl methyl sites for hydroxylation is 2. The predicted molar refractivity (Wildman–Crippen MR) is 228 cm³/mol. The van der Waals surface area contributed by atoms with Crippen molar-refractivity contribution < 1.29 is 15.1 Å². The molecule has 55 heavy (non-hydrogen) atoms. The van der Waals surface area contributed by atoms with Gasteiger partial charge in [-0.05, 0) is 112 Å². The number of aromatic nitrogens is 6. The smallest absolute Gasteiger partial charge is 0.162 e. The fourth-order valence-corrected chi connectivity index (χ4v) is 6.47. The van der Waals surface area contributed by atoms with Crippen molar-refractivity contribution in [2.24, 2.45) is 0 Å². The highest BCUT2D eigenvalue weighted by Gasteiger charge is 2.13. The lowest BCUT2D eigenvalue weighted by Crippen LogP contribution is -1.99. The van der Waals surface area contributed by atoms with Crippen LogP contribution < -0.4 is 10.6 Å². The van der Waals surface area contributed by atoms with Gasteiger partial charge in [0.2, 0.25) is 0 Å². The number of nitrogens with zero attached hydrogens (tertiary/aromatic N) is 4. The van der Waals surface area contributed by atoms with E-state index in [4.69, 9.17) is 0 Å². The Kier molecular flexibility index (Phi) is 14.0. The third-order valence-electron chi connectivity index (χ3n) is 8.91. The van der Waals surface area contributed by atoms with Gasteiger partial charge in [0.25, 0.3) is 0 Å². The van der Waals surface area contributed by atoms with E-state index in [1.54, 1.807) is 12.7 Å². The van der Waals surface area contributed by atoms with Gasteiger partial charge in [-0.25, -0.2) is 9.97 Å². The topological polar surface area (TPSA) is 173 Å². The van der Waals surface area contributed by atoms with Gasteiger partial charge in [-0.3, -0.25) is 19.6 Å². The number of imidazole rings is 2. The van der Waals surface area contributed by atoms with E-state index in [-0.39, 0.29) is 41.9 Å². The van der Waals surface area contributed by atoms with Gasteiger partial charge < -0.3 is 26.1 Å². The van der Waals surface area contributed by atoms with Crippen LogP contribution in [-0.4, -0.2) is 46.9 Å². The second-order valence-corrected chi connectivity index (χ2v) is 12.9. The molecule has 0 spiro atoms. The summed E-state index contributed by atoms with van der Waals surface area (Å²) >= 11 is 0. The molecule has 284 valence electrons. The molecule has 0 unspecified atom stereocenters. The number of pyridine rings is 2. The first-order valence-corrected chi connectivity index (χ1v) is 17.6. The van der Waals surface area contributed by atoms with Gasteiger partial charge in [0, 0.05) is 57.5 Å². The van der Waals surface area contributed by atoms with E-state index in [2.05, 4.69) is 40.5 Å². The Morgan fingerprint density at radius 2 is 0.927 bits per heavy atom. The van der Waals surface area contributed by atoms with Crippen LogP contribution in [0.25, 0.3) is 43.9 Å². The number of nitrogens with one attached hydrogen (secondary N) is 4. The monoisotopic (exact) mass is 778 g/mol. The first-order chi connectivity index (χ1) is 25.3. The first kappa shape index (κ1) is 41.9. The summed E-state index contributed by atoms with van der Waals surface area (Å²) in [7, 11) is 0. The number of benzene rings is 4. The van der Waals surface area contributed by atoms with Crippen LogP contribution in [0.4, 0.5) is 22.7 Å². The summed E-state index contributed by atoms with van der Waals surface area (Å²) in [5.74, 6) is 0.367. The lowest BCUT2D eigenvalue weighted by atomic mass is 10.1. The number of H-pyrrole nitrogens is 2. The number of rotatable bonds is 10. The first-order valence-electron chi connectivity index (χ1n) is 17.6. The van der Waals surface area contributed by atoms with E-state index >= 15 is 0 Å². The molecular weight excluding hydrogens is 735 g/mol. The van der Waals surface area contributed by atoms with Crippen molar-refractivity contribution in [3.05, 3.63) is 120 Å². The highest BCUT2D eigenvalue weighted by atomic mass is 35.5. The standard InChI is InChI=1S/2C21H20N4O.2ClH.H2O/c2*1-3-4-19(26)14-5-7-15(8-6-14)25-18-11-13(2)24-16-9-10-17-21(20(16)18)23-12-22-17;;;/h2*5-12H,3-4H2,1-2H3,(H,22,23)(H,24,25);2*1H;1H2. The van der Waals surface area contributed by atoms with Crippen molar-refractivity contribution in [1.82, 2.24) is 29.9 Å². The van der Waals surface area contributed by atoms with Gasteiger partial charge >= 0.3 is 0 Å². The van der Waals surface area contributed by atoms with Crippen LogP contribution in [0.1, 0.15) is 71.6 Å². The van der Waals surface area contributed by atoms with Gasteiger partial charge in [-0.2, -0.15) is 0 Å². The molecule has 4 heterocycles. The Morgan fingerprint density at radius 1 is 0.564 bits per heavy atom. The molecule has 0 saturated heterocycles. The number of aromatic amines is 2. The molecule has 6 N–H and O–H groups in total. The number of anilines is 4. The summed E-state index contributed by atoms with van der Waals surface area (Å²) in [5.41, 5.74) is 12.8. The van der Waals surface area contributed by atoms with Crippen molar-refractivity contribution >= 4 is 103 Å². The fourth-order valence-electron chi connectivity index (χ4n) is 6.47. The van der Waals surface area contributed by atoms with Gasteiger partial charge in [-0.15, -0.1) is 24.8 Å². The maximum Gasteiger partial charge on any atom is 0.162 e. The highest BCUT2D eigenvalue weighted by molar-refractivity contribution is 6.11. The van der Waals surface area contributed by atoms with E-state index in [1.165, 1.54) is 0 Å². The molecule has 11 nitrogen and oxygen atoms in total. The Labute approximate surface area is 330 Å². The number of fused-ring (bicyclic) bond motifs is 6. The summed E-state index contributed by atoms with van der Waals surface area (Å²) in [6, 6.07) is 27.3. The summed E-state index contributed by atoms with van der Waals surface area (Å²) in [5, 5.41) is 8.96. The number of hydrogen-bond donors (Lipinski definition) is 4. The van der Waals surface area contributed by atoms with E-state index in [1.807, 2.05) is 113 Å². The molecule has 0 aliphatic heterocycles. The fraction of sp³-hybridized carbons (Fsp3) is 0.190. The molecule has 8 aromatic rings. The predicted octanol–water partition coefficient (Wildman–Crippen LogP) is 10.3. The summed E-state index contributed by atoms with van der Waals surface area (Å²) in [6.07, 6.45) is 6.28. The van der Waals surface area contributed by atoms with Gasteiger partial charge in [0.15, 0.2) is 11.6 Å². The van der Waals surface area contributed by atoms with E-state index in [0.717, 1.165) is 102 Å². The zero-order valence-electron chi connectivity index (χ0n) is 31.0. The Morgan fingerprint density at radius 3 is 1.29 bits per heavy atom. The molecule has 8 rings (SSSR count). The Balaban J connectivity index is 0.000000232. The average Bonchev–Trinajstić information content (AvgIpc) is 3.83. The van der Waals surface area contributed by atoms with Crippen molar-refractivity contribution in [3.63, 3.8) is 0 Å². The number of Topliss-reactive ketones (excluding diaryl/α,β-unsaturated/α-hetero) is 2.